The molecule has 2 heterocycles. The normalized spacial score (nSPS) is 13.6. The molecule has 2 aromatic heterocycles. The van der Waals surface area contributed by atoms with Crippen molar-refractivity contribution in [1.82, 2.24) is 14.5 Å². The molecular formula is C23H28N4O2S. The Labute approximate surface area is 180 Å². The molecule has 0 bridgehead atoms. The maximum Gasteiger partial charge on any atom is 0.263 e. The molecule has 1 aliphatic carbocycles. The summed E-state index contributed by atoms with van der Waals surface area (Å²) in [5, 5.41) is 3.64. The Morgan fingerprint density at radius 3 is 2.63 bits per heavy atom. The number of amides is 1. The van der Waals surface area contributed by atoms with Gasteiger partial charge in [-0.3, -0.25) is 14.2 Å². The number of rotatable bonds is 6. The second-order valence-corrected chi connectivity index (χ2v) is 9.23. The molecule has 158 valence electrons. The summed E-state index contributed by atoms with van der Waals surface area (Å²) >= 11 is 1.65. The van der Waals surface area contributed by atoms with Crippen LogP contribution < -0.4 is 10.9 Å². The maximum absolute atomic E-state index is 13.5. The number of thiophene rings is 1. The van der Waals surface area contributed by atoms with E-state index < -0.39 is 0 Å². The summed E-state index contributed by atoms with van der Waals surface area (Å²) in [5.41, 5.74) is 3.02. The number of carbonyl (C=O) groups excluding carboxylic acids is 1. The molecule has 1 aliphatic rings. The number of aromatic nitrogens is 2. The minimum atomic E-state index is -0.216. The van der Waals surface area contributed by atoms with Crippen molar-refractivity contribution in [3.05, 3.63) is 56.4 Å². The zero-order chi connectivity index (χ0) is 21.3. The van der Waals surface area contributed by atoms with Crippen LogP contribution in [-0.4, -0.2) is 34.5 Å². The van der Waals surface area contributed by atoms with E-state index in [-0.39, 0.29) is 18.0 Å². The Morgan fingerprint density at radius 2 is 1.93 bits per heavy atom. The van der Waals surface area contributed by atoms with Crippen LogP contribution in [0.25, 0.3) is 10.2 Å². The van der Waals surface area contributed by atoms with E-state index in [1.54, 1.807) is 15.9 Å². The summed E-state index contributed by atoms with van der Waals surface area (Å²) in [7, 11) is 3.88. The first-order valence-electron chi connectivity index (χ1n) is 10.5. The summed E-state index contributed by atoms with van der Waals surface area (Å²) in [5.74, 6) is 0.416. The predicted octanol–water partition coefficient (Wildman–Crippen LogP) is 3.60. The highest BCUT2D eigenvalue weighted by molar-refractivity contribution is 7.18. The van der Waals surface area contributed by atoms with Gasteiger partial charge in [-0.25, -0.2) is 4.98 Å². The Kier molecular flexibility index (Phi) is 6.01. The number of hydrogen-bond acceptors (Lipinski definition) is 5. The number of fused-ring (bicyclic) bond motifs is 3. The molecule has 7 heteroatoms. The molecule has 1 N–H and O–H groups in total. The van der Waals surface area contributed by atoms with E-state index in [1.165, 1.54) is 10.4 Å². The molecule has 0 fully saturated rings. The molecule has 0 aliphatic heterocycles. The van der Waals surface area contributed by atoms with Gasteiger partial charge in [0.1, 0.15) is 17.2 Å². The van der Waals surface area contributed by atoms with Gasteiger partial charge in [0.25, 0.3) is 5.56 Å². The summed E-state index contributed by atoms with van der Waals surface area (Å²) in [6.07, 6.45) is 5.17. The number of benzene rings is 1. The lowest BCUT2D eigenvalue weighted by Crippen LogP contribution is -2.33. The third kappa shape index (κ3) is 4.18. The van der Waals surface area contributed by atoms with E-state index in [4.69, 9.17) is 4.98 Å². The number of hydrogen-bond donors (Lipinski definition) is 1. The second-order valence-electron chi connectivity index (χ2n) is 8.15. The van der Waals surface area contributed by atoms with Gasteiger partial charge in [0.05, 0.1) is 11.9 Å². The van der Waals surface area contributed by atoms with Gasteiger partial charge in [-0.1, -0.05) is 19.1 Å². The zero-order valence-electron chi connectivity index (χ0n) is 17.8. The van der Waals surface area contributed by atoms with Gasteiger partial charge < -0.3 is 10.2 Å². The zero-order valence-corrected chi connectivity index (χ0v) is 18.6. The summed E-state index contributed by atoms with van der Waals surface area (Å²) in [6, 6.07) is 7.81. The fraction of sp³-hybridized carbons (Fsp3) is 0.435. The third-order valence-corrected chi connectivity index (χ3v) is 6.74. The van der Waals surface area contributed by atoms with Crippen molar-refractivity contribution in [3.8, 4) is 0 Å². The van der Waals surface area contributed by atoms with Crippen molar-refractivity contribution in [2.75, 3.05) is 19.4 Å². The van der Waals surface area contributed by atoms with E-state index in [9.17, 15) is 9.59 Å². The van der Waals surface area contributed by atoms with Crippen molar-refractivity contribution in [2.24, 2.45) is 0 Å². The molecular weight excluding hydrogens is 396 g/mol. The predicted molar refractivity (Wildman–Crippen MR) is 122 cm³/mol. The lowest BCUT2D eigenvalue weighted by molar-refractivity contribution is -0.116. The Hall–Kier alpha value is -2.51. The van der Waals surface area contributed by atoms with E-state index in [0.29, 0.717) is 12.4 Å². The molecule has 4 rings (SSSR count). The smallest absolute Gasteiger partial charge is 0.263 e. The first-order valence-corrected chi connectivity index (χ1v) is 11.4. The minimum absolute atomic E-state index is 0.0366. The topological polar surface area (TPSA) is 67.2 Å². The molecule has 0 spiro atoms. The van der Waals surface area contributed by atoms with Gasteiger partial charge in [0, 0.05) is 10.6 Å². The Balaban J connectivity index is 1.69. The highest BCUT2D eigenvalue weighted by atomic mass is 32.1. The van der Waals surface area contributed by atoms with E-state index in [2.05, 4.69) is 12.2 Å². The SMILES string of the molecule is CCc1ccc(NC(=O)Cn2c(CN(C)C)nc3sc4c(c3c2=O)CCCC4)cc1. The molecule has 0 atom stereocenters. The van der Waals surface area contributed by atoms with Crippen LogP contribution in [0.5, 0.6) is 0 Å². The van der Waals surface area contributed by atoms with Crippen molar-refractivity contribution >= 4 is 33.1 Å². The molecule has 30 heavy (non-hydrogen) atoms. The van der Waals surface area contributed by atoms with Gasteiger partial charge in [0.2, 0.25) is 5.91 Å². The third-order valence-electron chi connectivity index (χ3n) is 5.56. The number of aryl methyl sites for hydroxylation is 3. The quantitative estimate of drug-likeness (QED) is 0.657. The lowest BCUT2D eigenvalue weighted by Gasteiger charge is -2.16. The standard InChI is InChI=1S/C23H28N4O2S/c1-4-15-9-11-16(12-10-15)24-20(28)14-27-19(13-26(2)3)25-22-21(23(27)29)17-7-5-6-8-18(17)30-22/h9-12H,4-8,13-14H2,1-3H3,(H,24,28). The van der Waals surface area contributed by atoms with Crippen molar-refractivity contribution in [2.45, 2.75) is 52.1 Å². The molecule has 1 amide bonds. The molecule has 0 radical (unpaired) electrons. The highest BCUT2D eigenvalue weighted by Gasteiger charge is 2.23. The summed E-state index contributed by atoms with van der Waals surface area (Å²) in [4.78, 5) is 35.1. The van der Waals surface area contributed by atoms with E-state index >= 15 is 0 Å². The van der Waals surface area contributed by atoms with Gasteiger partial charge >= 0.3 is 0 Å². The first kappa shape index (κ1) is 20.8. The summed E-state index contributed by atoms with van der Waals surface area (Å²) in [6.45, 7) is 2.57. The van der Waals surface area contributed by atoms with Crippen LogP contribution in [0.4, 0.5) is 5.69 Å². The van der Waals surface area contributed by atoms with Crippen molar-refractivity contribution in [1.29, 1.82) is 0 Å². The number of nitrogens with zero attached hydrogens (tertiary/aromatic N) is 3. The summed E-state index contributed by atoms with van der Waals surface area (Å²) < 4.78 is 1.56. The van der Waals surface area contributed by atoms with Crippen LogP contribution in [0.15, 0.2) is 29.1 Å². The average Bonchev–Trinajstić information content (AvgIpc) is 3.09. The van der Waals surface area contributed by atoms with Gasteiger partial charge in [-0.05, 0) is 69.5 Å². The Morgan fingerprint density at radius 1 is 1.20 bits per heavy atom. The lowest BCUT2D eigenvalue weighted by atomic mass is 9.97. The van der Waals surface area contributed by atoms with Crippen LogP contribution >= 0.6 is 11.3 Å². The molecule has 6 nitrogen and oxygen atoms in total. The van der Waals surface area contributed by atoms with Crippen LogP contribution in [0.2, 0.25) is 0 Å². The molecule has 0 unspecified atom stereocenters. The maximum atomic E-state index is 13.5. The van der Waals surface area contributed by atoms with Gasteiger partial charge in [-0.2, -0.15) is 0 Å². The second kappa shape index (κ2) is 8.70. The van der Waals surface area contributed by atoms with Crippen LogP contribution in [0.1, 0.15) is 41.6 Å². The minimum Gasteiger partial charge on any atom is -0.325 e. The van der Waals surface area contributed by atoms with Crippen LogP contribution in [0, 0.1) is 0 Å². The van der Waals surface area contributed by atoms with E-state index in [1.807, 2.05) is 43.3 Å². The fourth-order valence-electron chi connectivity index (χ4n) is 4.02. The van der Waals surface area contributed by atoms with Gasteiger partial charge in [-0.15, -0.1) is 11.3 Å². The van der Waals surface area contributed by atoms with Crippen LogP contribution in [-0.2, 0) is 37.1 Å². The first-order chi connectivity index (χ1) is 14.5. The van der Waals surface area contributed by atoms with Crippen molar-refractivity contribution in [3.63, 3.8) is 0 Å². The Bertz CT molecular complexity index is 1130. The molecule has 1 aromatic carbocycles. The molecule has 0 saturated heterocycles. The average molecular weight is 425 g/mol. The molecule has 3 aromatic rings. The number of carbonyl (C=O) groups is 1. The van der Waals surface area contributed by atoms with Gasteiger partial charge in [0.15, 0.2) is 0 Å². The van der Waals surface area contributed by atoms with Crippen LogP contribution in [0.3, 0.4) is 0 Å². The number of nitrogens with one attached hydrogen (secondary N) is 1. The molecule has 0 saturated carbocycles. The van der Waals surface area contributed by atoms with E-state index in [0.717, 1.165) is 53.6 Å². The fourth-order valence-corrected chi connectivity index (χ4v) is 5.29. The van der Waals surface area contributed by atoms with Crippen molar-refractivity contribution < 1.29 is 4.79 Å². The largest absolute Gasteiger partial charge is 0.325 e. The monoisotopic (exact) mass is 424 g/mol. The highest BCUT2D eigenvalue weighted by Crippen LogP contribution is 2.33. The number of anilines is 1.